The van der Waals surface area contributed by atoms with Crippen LogP contribution in [-0.2, 0) is 15.1 Å². The fraction of sp³-hybridized carbons (Fsp3) is 0.393. The Morgan fingerprint density at radius 1 is 1.08 bits per heavy atom. The highest BCUT2D eigenvalue weighted by Gasteiger charge is 2.53. The van der Waals surface area contributed by atoms with E-state index in [1.165, 1.54) is 47.7 Å². The predicted octanol–water partition coefficient (Wildman–Crippen LogP) is 6.85. The first kappa shape index (κ1) is 25.3. The Morgan fingerprint density at radius 2 is 1.89 bits per heavy atom. The van der Waals surface area contributed by atoms with Crippen LogP contribution in [0, 0.1) is 5.92 Å². The van der Waals surface area contributed by atoms with Crippen molar-refractivity contribution in [1.82, 2.24) is 9.29 Å². The number of thiol groups is 1. The molecule has 188 valence electrons. The molecule has 1 saturated carbocycles. The topological polar surface area (TPSA) is 62.3 Å². The van der Waals surface area contributed by atoms with E-state index in [9.17, 15) is 9.59 Å². The average molecular weight is 540 g/mol. The van der Waals surface area contributed by atoms with E-state index in [0.717, 1.165) is 30.3 Å². The summed E-state index contributed by atoms with van der Waals surface area (Å²) in [7, 11) is 0. The maximum atomic E-state index is 13.7. The molecule has 2 atom stereocenters. The second-order valence-corrected chi connectivity index (χ2v) is 11.3. The number of nitrogens with one attached hydrogen (secondary N) is 1. The number of pyridine rings is 1. The second-order valence-electron chi connectivity index (χ2n) is 9.75. The number of rotatable bonds is 7. The second kappa shape index (κ2) is 11.0. The quantitative estimate of drug-likeness (QED) is 0.254. The highest BCUT2D eigenvalue weighted by molar-refractivity contribution is 7.78. The molecule has 2 aliphatic rings. The van der Waals surface area contributed by atoms with Crippen LogP contribution in [0.2, 0.25) is 5.02 Å². The summed E-state index contributed by atoms with van der Waals surface area (Å²) in [4.78, 5) is 32.3. The van der Waals surface area contributed by atoms with Crippen LogP contribution in [0.25, 0.3) is 0 Å². The number of piperidine rings is 1. The number of benzene rings is 1. The molecule has 5 rings (SSSR count). The molecule has 1 aliphatic carbocycles. The van der Waals surface area contributed by atoms with E-state index in [2.05, 4.69) is 5.32 Å². The molecule has 8 heteroatoms. The molecule has 1 aromatic carbocycles. The van der Waals surface area contributed by atoms with Crippen molar-refractivity contribution >= 4 is 53.3 Å². The van der Waals surface area contributed by atoms with Crippen LogP contribution in [0.1, 0.15) is 67.7 Å². The number of nitrogens with zero attached hydrogens (tertiary/aromatic N) is 2. The third kappa shape index (κ3) is 4.81. The molecule has 1 amide bonds. The molecule has 0 radical (unpaired) electrons. The molecule has 2 aromatic heterocycles. The number of ketones is 1. The van der Waals surface area contributed by atoms with Crippen molar-refractivity contribution in [3.63, 3.8) is 0 Å². The average Bonchev–Trinajstić information content (AvgIpc) is 3.44. The van der Waals surface area contributed by atoms with Gasteiger partial charge in [-0.25, -0.2) is 4.98 Å². The van der Waals surface area contributed by atoms with Crippen molar-refractivity contribution in [2.75, 3.05) is 11.9 Å². The molecule has 3 heterocycles. The van der Waals surface area contributed by atoms with Gasteiger partial charge in [0.15, 0.2) is 5.78 Å². The fourth-order valence-electron chi connectivity index (χ4n) is 5.61. The van der Waals surface area contributed by atoms with Crippen LogP contribution in [-0.4, -0.2) is 27.5 Å². The normalized spacial score (nSPS) is 23.2. The van der Waals surface area contributed by atoms with Gasteiger partial charge in [0.05, 0.1) is 5.69 Å². The van der Waals surface area contributed by atoms with Gasteiger partial charge in [0.1, 0.15) is 17.3 Å². The maximum Gasteiger partial charge on any atom is 0.248 e. The first-order valence-corrected chi connectivity index (χ1v) is 14.3. The lowest BCUT2D eigenvalue weighted by Gasteiger charge is -2.45. The molecule has 36 heavy (non-hydrogen) atoms. The smallest absolute Gasteiger partial charge is 0.248 e. The molecule has 0 bridgehead atoms. The van der Waals surface area contributed by atoms with E-state index in [0.29, 0.717) is 16.3 Å². The minimum atomic E-state index is -1.10. The highest BCUT2D eigenvalue weighted by atomic mass is 35.5. The Labute approximate surface area is 226 Å². The van der Waals surface area contributed by atoms with Crippen molar-refractivity contribution in [3.05, 3.63) is 81.1 Å². The van der Waals surface area contributed by atoms with Gasteiger partial charge >= 0.3 is 0 Å². The number of hydrogen-bond donors (Lipinski definition) is 2. The summed E-state index contributed by atoms with van der Waals surface area (Å²) in [6, 6.07) is 14.7. The summed E-state index contributed by atoms with van der Waals surface area (Å²) < 4.78 is 1.40. The van der Waals surface area contributed by atoms with Crippen LogP contribution in [0.15, 0.2) is 59.3 Å². The van der Waals surface area contributed by atoms with Crippen LogP contribution in [0.3, 0.4) is 0 Å². The van der Waals surface area contributed by atoms with E-state index in [-0.39, 0.29) is 12.2 Å². The predicted molar refractivity (Wildman–Crippen MR) is 149 cm³/mol. The molecular weight excluding hydrogens is 510 g/mol. The SMILES string of the molecule is O=C1CC(c2ccsc2)(c2cccc(NCCC3CCCCC3)n2)N(S)C(=O)C1c1ccccc1Cl. The standard InChI is InChI=1S/C28H30ClN3O2S2/c29-22-10-5-4-9-21(22)26-23(33)17-28(32(35)27(26)34,20-14-16-36-18-20)24-11-6-12-25(31-24)30-15-13-19-7-2-1-3-8-19/h4-6,9-12,14,16,18-19,26,35H,1-3,7-8,13,15,17H2,(H,30,31). The Morgan fingerprint density at radius 3 is 2.64 bits per heavy atom. The minimum absolute atomic E-state index is 0.0629. The zero-order valence-corrected chi connectivity index (χ0v) is 22.5. The number of Topliss-reactive ketones (excluding diaryl/α,β-unsaturated/α-hetero) is 1. The molecule has 2 fully saturated rings. The Balaban J connectivity index is 1.45. The van der Waals surface area contributed by atoms with Crippen molar-refractivity contribution in [1.29, 1.82) is 0 Å². The largest absolute Gasteiger partial charge is 0.370 e. The van der Waals surface area contributed by atoms with Gasteiger partial charge in [0.25, 0.3) is 0 Å². The molecular formula is C28H30ClN3O2S2. The molecule has 1 aliphatic heterocycles. The van der Waals surface area contributed by atoms with Gasteiger partial charge in [-0.1, -0.05) is 80.8 Å². The minimum Gasteiger partial charge on any atom is -0.370 e. The Bertz CT molecular complexity index is 1230. The monoisotopic (exact) mass is 539 g/mol. The van der Waals surface area contributed by atoms with E-state index >= 15 is 0 Å². The summed E-state index contributed by atoms with van der Waals surface area (Å²) in [6.45, 7) is 0.851. The van der Waals surface area contributed by atoms with Gasteiger partial charge in [0.2, 0.25) is 5.91 Å². The zero-order chi connectivity index (χ0) is 25.1. The summed E-state index contributed by atoms with van der Waals surface area (Å²) in [5.41, 5.74) is 0.862. The van der Waals surface area contributed by atoms with E-state index < -0.39 is 17.4 Å². The van der Waals surface area contributed by atoms with E-state index in [4.69, 9.17) is 29.4 Å². The van der Waals surface area contributed by atoms with Gasteiger partial charge in [0, 0.05) is 18.0 Å². The van der Waals surface area contributed by atoms with Gasteiger partial charge in [-0.3, -0.25) is 13.9 Å². The summed E-state index contributed by atoms with van der Waals surface area (Å²) in [5.74, 6) is -0.0595. The van der Waals surface area contributed by atoms with E-state index in [1.807, 2.05) is 35.0 Å². The first-order valence-electron chi connectivity index (χ1n) is 12.5. The van der Waals surface area contributed by atoms with Crippen molar-refractivity contribution < 1.29 is 9.59 Å². The third-order valence-electron chi connectivity index (χ3n) is 7.54. The van der Waals surface area contributed by atoms with Crippen molar-refractivity contribution in [3.8, 4) is 0 Å². The van der Waals surface area contributed by atoms with Gasteiger partial charge < -0.3 is 5.32 Å². The van der Waals surface area contributed by atoms with Gasteiger partial charge in [-0.15, -0.1) is 0 Å². The lowest BCUT2D eigenvalue weighted by Crippen LogP contribution is -2.54. The number of halogens is 1. The number of hydrogen-bond acceptors (Lipinski definition) is 6. The molecule has 0 spiro atoms. The van der Waals surface area contributed by atoms with Crippen molar-refractivity contribution in [2.24, 2.45) is 5.92 Å². The zero-order valence-electron chi connectivity index (χ0n) is 20.0. The number of anilines is 1. The molecule has 5 nitrogen and oxygen atoms in total. The third-order valence-corrected chi connectivity index (χ3v) is 9.11. The summed E-state index contributed by atoms with van der Waals surface area (Å²) in [6.07, 6.45) is 7.81. The van der Waals surface area contributed by atoms with Crippen LogP contribution in [0.5, 0.6) is 0 Å². The number of carbonyl (C=O) groups is 2. The summed E-state index contributed by atoms with van der Waals surface area (Å²) in [5, 5.41) is 7.78. The Kier molecular flexibility index (Phi) is 7.70. The number of aromatic nitrogens is 1. The first-order chi connectivity index (χ1) is 17.5. The maximum absolute atomic E-state index is 13.7. The number of carbonyl (C=O) groups excluding carboxylic acids is 2. The lowest BCUT2D eigenvalue weighted by molar-refractivity contribution is -0.142. The van der Waals surface area contributed by atoms with Crippen LogP contribution in [0.4, 0.5) is 5.82 Å². The van der Waals surface area contributed by atoms with Gasteiger partial charge in [-0.2, -0.15) is 11.3 Å². The molecule has 1 saturated heterocycles. The molecule has 1 N–H and O–H groups in total. The molecule has 3 aromatic rings. The lowest BCUT2D eigenvalue weighted by atomic mass is 9.75. The fourth-order valence-corrected chi connectivity index (χ4v) is 6.98. The summed E-state index contributed by atoms with van der Waals surface area (Å²) >= 11 is 12.6. The van der Waals surface area contributed by atoms with Crippen LogP contribution >= 0.6 is 35.8 Å². The highest BCUT2D eigenvalue weighted by Crippen LogP contribution is 2.48. The van der Waals surface area contributed by atoms with Crippen molar-refractivity contribution in [2.45, 2.75) is 56.4 Å². The molecule has 2 unspecified atom stereocenters. The van der Waals surface area contributed by atoms with Crippen LogP contribution < -0.4 is 5.32 Å². The van der Waals surface area contributed by atoms with E-state index in [1.54, 1.807) is 24.3 Å². The van der Waals surface area contributed by atoms with Gasteiger partial charge in [-0.05, 0) is 58.5 Å². The number of thiophene rings is 1. The Hall–Kier alpha value is -2.35. The number of amides is 1.